The molecule has 1 aromatic rings. The fourth-order valence-corrected chi connectivity index (χ4v) is 2.95. The van der Waals surface area contributed by atoms with Crippen LogP contribution >= 0.6 is 0 Å². The van der Waals surface area contributed by atoms with Crippen LogP contribution in [0.2, 0.25) is 0 Å². The first kappa shape index (κ1) is 14.9. The van der Waals surface area contributed by atoms with E-state index >= 15 is 0 Å². The molecule has 1 fully saturated rings. The first-order chi connectivity index (χ1) is 9.48. The van der Waals surface area contributed by atoms with E-state index in [2.05, 4.69) is 24.5 Å². The molecule has 2 amide bonds. The van der Waals surface area contributed by atoms with Gasteiger partial charge >= 0.3 is 6.03 Å². The van der Waals surface area contributed by atoms with Gasteiger partial charge in [-0.1, -0.05) is 32.4 Å². The summed E-state index contributed by atoms with van der Waals surface area (Å²) in [5.74, 6) is 0. The van der Waals surface area contributed by atoms with Gasteiger partial charge in [-0.2, -0.15) is 0 Å². The number of benzene rings is 1. The molecule has 0 aromatic heterocycles. The molecule has 0 radical (unpaired) electrons. The lowest BCUT2D eigenvalue weighted by Crippen LogP contribution is -2.42. The molecular weight excluding hydrogens is 250 g/mol. The Labute approximate surface area is 121 Å². The van der Waals surface area contributed by atoms with Crippen LogP contribution in [0.5, 0.6) is 0 Å². The molecule has 1 aliphatic carbocycles. The van der Waals surface area contributed by atoms with Crippen molar-refractivity contribution in [2.75, 3.05) is 5.32 Å². The number of hydrogen-bond donors (Lipinski definition) is 3. The molecule has 0 heterocycles. The van der Waals surface area contributed by atoms with Gasteiger partial charge in [-0.15, -0.1) is 0 Å². The van der Waals surface area contributed by atoms with Crippen molar-refractivity contribution in [2.45, 2.75) is 52.1 Å². The number of carbonyl (C=O) groups is 1. The fourth-order valence-electron chi connectivity index (χ4n) is 2.95. The quantitative estimate of drug-likeness (QED) is 0.792. The van der Waals surface area contributed by atoms with E-state index in [1.54, 1.807) is 0 Å². The van der Waals surface area contributed by atoms with Crippen LogP contribution in [0.15, 0.2) is 24.3 Å². The average molecular weight is 275 g/mol. The SMILES string of the molecule is CC1(C)CCCC(NC(=O)Nc2cccc(CN)c2)C1. The molecule has 4 N–H and O–H groups in total. The van der Waals surface area contributed by atoms with Crippen molar-refractivity contribution in [1.82, 2.24) is 5.32 Å². The minimum absolute atomic E-state index is 0.123. The molecule has 1 aromatic carbocycles. The maximum absolute atomic E-state index is 12.0. The zero-order chi connectivity index (χ0) is 14.6. The maximum atomic E-state index is 12.0. The first-order valence-corrected chi connectivity index (χ1v) is 7.35. The molecular formula is C16H25N3O. The highest BCUT2D eigenvalue weighted by molar-refractivity contribution is 5.89. The monoisotopic (exact) mass is 275 g/mol. The van der Waals surface area contributed by atoms with Crippen LogP contribution in [0.4, 0.5) is 10.5 Å². The molecule has 0 aliphatic heterocycles. The zero-order valence-corrected chi connectivity index (χ0v) is 12.4. The Kier molecular flexibility index (Phi) is 4.65. The molecule has 0 spiro atoms. The number of amides is 2. The summed E-state index contributed by atoms with van der Waals surface area (Å²) >= 11 is 0. The average Bonchev–Trinajstić information content (AvgIpc) is 2.37. The normalized spacial score (nSPS) is 21.2. The van der Waals surface area contributed by atoms with Gasteiger partial charge in [0.1, 0.15) is 0 Å². The Hall–Kier alpha value is -1.55. The smallest absolute Gasteiger partial charge is 0.319 e. The molecule has 1 saturated carbocycles. The Balaban J connectivity index is 1.88. The molecule has 1 atom stereocenters. The molecule has 1 aliphatic rings. The van der Waals surface area contributed by atoms with E-state index in [9.17, 15) is 4.79 Å². The lowest BCUT2D eigenvalue weighted by molar-refractivity contribution is 0.196. The first-order valence-electron chi connectivity index (χ1n) is 7.35. The van der Waals surface area contributed by atoms with Gasteiger partial charge in [-0.3, -0.25) is 0 Å². The maximum Gasteiger partial charge on any atom is 0.319 e. The molecule has 4 heteroatoms. The van der Waals surface area contributed by atoms with Gasteiger partial charge in [-0.25, -0.2) is 4.79 Å². The molecule has 2 rings (SSSR count). The van der Waals surface area contributed by atoms with Gasteiger partial charge in [0.15, 0.2) is 0 Å². The van der Waals surface area contributed by atoms with E-state index in [1.807, 2.05) is 24.3 Å². The van der Waals surface area contributed by atoms with E-state index < -0.39 is 0 Å². The zero-order valence-electron chi connectivity index (χ0n) is 12.4. The van der Waals surface area contributed by atoms with Crippen molar-refractivity contribution < 1.29 is 4.79 Å². The molecule has 4 nitrogen and oxygen atoms in total. The minimum Gasteiger partial charge on any atom is -0.335 e. The second kappa shape index (κ2) is 6.27. The van der Waals surface area contributed by atoms with E-state index in [0.29, 0.717) is 12.0 Å². The predicted molar refractivity (Wildman–Crippen MR) is 82.5 cm³/mol. The fraction of sp³-hybridized carbons (Fsp3) is 0.562. The number of urea groups is 1. The van der Waals surface area contributed by atoms with Crippen LogP contribution in [0.1, 0.15) is 45.1 Å². The Morgan fingerprint density at radius 2 is 2.25 bits per heavy atom. The highest BCUT2D eigenvalue weighted by Crippen LogP contribution is 2.35. The molecule has 0 saturated heterocycles. The lowest BCUT2D eigenvalue weighted by Gasteiger charge is -2.35. The molecule has 1 unspecified atom stereocenters. The van der Waals surface area contributed by atoms with Crippen LogP contribution < -0.4 is 16.4 Å². The minimum atomic E-state index is -0.123. The van der Waals surface area contributed by atoms with Gasteiger partial charge < -0.3 is 16.4 Å². The predicted octanol–water partition coefficient (Wildman–Crippen LogP) is 3.24. The Morgan fingerprint density at radius 3 is 2.95 bits per heavy atom. The Bertz CT molecular complexity index is 471. The standard InChI is InChI=1S/C16H25N3O/c1-16(2)8-4-7-14(10-16)19-15(20)18-13-6-3-5-12(9-13)11-17/h3,5-6,9,14H,4,7-8,10-11,17H2,1-2H3,(H2,18,19,20). The van der Waals surface area contributed by atoms with Crippen molar-refractivity contribution in [2.24, 2.45) is 11.1 Å². The van der Waals surface area contributed by atoms with E-state index in [0.717, 1.165) is 24.1 Å². The largest absolute Gasteiger partial charge is 0.335 e. The molecule has 0 bridgehead atoms. The summed E-state index contributed by atoms with van der Waals surface area (Å²) in [4.78, 5) is 12.0. The van der Waals surface area contributed by atoms with E-state index in [-0.39, 0.29) is 12.1 Å². The molecule has 110 valence electrons. The van der Waals surface area contributed by atoms with E-state index in [1.165, 1.54) is 12.8 Å². The third-order valence-corrected chi connectivity index (χ3v) is 3.96. The van der Waals surface area contributed by atoms with Crippen molar-refractivity contribution in [3.8, 4) is 0 Å². The van der Waals surface area contributed by atoms with Gasteiger partial charge in [0.25, 0.3) is 0 Å². The second-order valence-electron chi connectivity index (χ2n) is 6.46. The van der Waals surface area contributed by atoms with E-state index in [4.69, 9.17) is 5.73 Å². The summed E-state index contributed by atoms with van der Waals surface area (Å²) in [5.41, 5.74) is 7.74. The van der Waals surface area contributed by atoms with Gasteiger partial charge in [0, 0.05) is 18.3 Å². The van der Waals surface area contributed by atoms with Gasteiger partial charge in [0.2, 0.25) is 0 Å². The lowest BCUT2D eigenvalue weighted by atomic mass is 9.75. The number of rotatable bonds is 3. The second-order valence-corrected chi connectivity index (χ2v) is 6.46. The third-order valence-electron chi connectivity index (χ3n) is 3.96. The number of nitrogens with two attached hydrogens (primary N) is 1. The Morgan fingerprint density at radius 1 is 1.45 bits per heavy atom. The number of hydrogen-bond acceptors (Lipinski definition) is 2. The highest BCUT2D eigenvalue weighted by Gasteiger charge is 2.28. The number of carbonyl (C=O) groups excluding carboxylic acids is 1. The number of anilines is 1. The van der Waals surface area contributed by atoms with Crippen LogP contribution in [-0.2, 0) is 6.54 Å². The topological polar surface area (TPSA) is 67.2 Å². The van der Waals surface area contributed by atoms with Crippen LogP contribution in [-0.4, -0.2) is 12.1 Å². The van der Waals surface area contributed by atoms with Crippen molar-refractivity contribution in [3.63, 3.8) is 0 Å². The van der Waals surface area contributed by atoms with Gasteiger partial charge in [0.05, 0.1) is 0 Å². The molecule has 20 heavy (non-hydrogen) atoms. The van der Waals surface area contributed by atoms with Crippen molar-refractivity contribution >= 4 is 11.7 Å². The third kappa shape index (κ3) is 4.23. The summed E-state index contributed by atoms with van der Waals surface area (Å²) in [6, 6.07) is 7.79. The summed E-state index contributed by atoms with van der Waals surface area (Å²) in [5, 5.41) is 5.96. The summed E-state index contributed by atoms with van der Waals surface area (Å²) in [6.45, 7) is 5.01. The highest BCUT2D eigenvalue weighted by atomic mass is 16.2. The van der Waals surface area contributed by atoms with Crippen molar-refractivity contribution in [1.29, 1.82) is 0 Å². The van der Waals surface area contributed by atoms with Crippen LogP contribution in [0.25, 0.3) is 0 Å². The summed E-state index contributed by atoms with van der Waals surface area (Å²) in [6.07, 6.45) is 4.54. The van der Waals surface area contributed by atoms with Crippen LogP contribution in [0, 0.1) is 5.41 Å². The number of nitrogens with one attached hydrogen (secondary N) is 2. The summed E-state index contributed by atoms with van der Waals surface area (Å²) in [7, 11) is 0. The van der Waals surface area contributed by atoms with Crippen LogP contribution in [0.3, 0.4) is 0 Å². The van der Waals surface area contributed by atoms with Crippen molar-refractivity contribution in [3.05, 3.63) is 29.8 Å². The van der Waals surface area contributed by atoms with Gasteiger partial charge in [-0.05, 0) is 42.4 Å². The summed E-state index contributed by atoms with van der Waals surface area (Å²) < 4.78 is 0.